The van der Waals surface area contributed by atoms with Crippen LogP contribution in [0.3, 0.4) is 0 Å². The zero-order valence-corrected chi connectivity index (χ0v) is 11.2. The minimum atomic E-state index is -4.31. The van der Waals surface area contributed by atoms with Crippen LogP contribution in [0.4, 0.5) is 8.78 Å². The molecule has 3 N–H and O–H groups in total. The molecule has 0 aliphatic heterocycles. The van der Waals surface area contributed by atoms with Gasteiger partial charge in [-0.2, -0.15) is 0 Å². The summed E-state index contributed by atoms with van der Waals surface area (Å²) in [5.74, 6) is -3.46. The highest BCUT2D eigenvalue weighted by atomic mass is 32.2. The van der Waals surface area contributed by atoms with Gasteiger partial charge in [-0.3, -0.25) is 4.79 Å². The Morgan fingerprint density at radius 3 is 2.50 bits per heavy atom. The number of aliphatic carboxylic acids is 1. The maximum atomic E-state index is 13.4. The van der Waals surface area contributed by atoms with Gasteiger partial charge in [0.1, 0.15) is 16.5 Å². The molecule has 0 bridgehead atoms. The molecule has 6 nitrogen and oxygen atoms in total. The number of hydrogen-bond donors (Lipinski definition) is 3. The van der Waals surface area contributed by atoms with Crippen molar-refractivity contribution in [3.63, 3.8) is 0 Å². The number of halogens is 2. The van der Waals surface area contributed by atoms with E-state index in [2.05, 4.69) is 0 Å². The molecule has 0 aliphatic rings. The molecule has 9 heteroatoms. The second-order valence-electron chi connectivity index (χ2n) is 4.14. The molecule has 0 spiro atoms. The molecule has 0 amide bonds. The first kappa shape index (κ1) is 16.5. The van der Waals surface area contributed by atoms with Gasteiger partial charge in [-0.05, 0) is 18.6 Å². The van der Waals surface area contributed by atoms with E-state index in [-0.39, 0.29) is 5.56 Å². The van der Waals surface area contributed by atoms with Gasteiger partial charge in [-0.15, -0.1) is 0 Å². The van der Waals surface area contributed by atoms with E-state index in [9.17, 15) is 27.1 Å². The lowest BCUT2D eigenvalue weighted by atomic mass is 10.2. The van der Waals surface area contributed by atoms with Gasteiger partial charge < -0.3 is 10.2 Å². The average Bonchev–Trinajstić information content (AvgIpc) is 2.30. The van der Waals surface area contributed by atoms with Crippen LogP contribution in [0.1, 0.15) is 12.0 Å². The van der Waals surface area contributed by atoms with Crippen LogP contribution in [-0.2, 0) is 14.8 Å². The quantitative estimate of drug-likeness (QED) is 0.705. The number of sulfonamides is 1. The van der Waals surface area contributed by atoms with Gasteiger partial charge in [0.15, 0.2) is 0 Å². The van der Waals surface area contributed by atoms with Crippen molar-refractivity contribution in [1.82, 2.24) is 4.72 Å². The summed E-state index contributed by atoms with van der Waals surface area (Å²) in [6.07, 6.45) is -2.11. The first-order valence-corrected chi connectivity index (χ1v) is 6.97. The fourth-order valence-electron chi connectivity index (χ4n) is 1.39. The number of carbonyl (C=O) groups is 1. The van der Waals surface area contributed by atoms with E-state index in [0.29, 0.717) is 6.07 Å². The smallest absolute Gasteiger partial charge is 0.306 e. The van der Waals surface area contributed by atoms with Crippen LogP contribution in [0.2, 0.25) is 0 Å². The number of nitrogens with one attached hydrogen (secondary N) is 1. The number of aryl methyl sites for hydroxylation is 1. The lowest BCUT2D eigenvalue weighted by molar-refractivity contribution is -0.139. The molecular formula is C11H13F2NO5S. The van der Waals surface area contributed by atoms with Gasteiger partial charge >= 0.3 is 5.97 Å². The molecule has 1 aromatic rings. The van der Waals surface area contributed by atoms with Gasteiger partial charge in [-0.25, -0.2) is 21.9 Å². The molecule has 0 heterocycles. The molecule has 0 radical (unpaired) electrons. The maximum Gasteiger partial charge on any atom is 0.306 e. The Kier molecular flexibility index (Phi) is 5.15. The van der Waals surface area contributed by atoms with Crippen molar-refractivity contribution in [3.8, 4) is 0 Å². The normalized spacial score (nSPS) is 13.2. The summed E-state index contributed by atoms with van der Waals surface area (Å²) in [4.78, 5) is 9.54. The van der Waals surface area contributed by atoms with Crippen molar-refractivity contribution in [2.24, 2.45) is 0 Å². The first-order valence-electron chi connectivity index (χ1n) is 5.48. The minimum Gasteiger partial charge on any atom is -0.481 e. The van der Waals surface area contributed by atoms with Gasteiger partial charge in [-0.1, -0.05) is 0 Å². The SMILES string of the molecule is Cc1cc(S(=O)(=O)NCC(O)CC(=O)O)c(F)cc1F. The number of aliphatic hydroxyl groups is 1. The number of rotatable bonds is 6. The Bertz CT molecular complexity index is 617. The summed E-state index contributed by atoms with van der Waals surface area (Å²) in [5, 5.41) is 17.6. The van der Waals surface area contributed by atoms with Crippen LogP contribution in [0.15, 0.2) is 17.0 Å². The first-order chi connectivity index (χ1) is 9.13. The molecule has 0 fully saturated rings. The largest absolute Gasteiger partial charge is 0.481 e. The van der Waals surface area contributed by atoms with Gasteiger partial charge in [0.25, 0.3) is 0 Å². The van der Waals surface area contributed by atoms with Crippen molar-refractivity contribution >= 4 is 16.0 Å². The standard InChI is InChI=1S/C11H13F2NO5S/c1-6-2-10(9(13)4-8(6)12)20(18,19)14-5-7(15)3-11(16)17/h2,4,7,14-15H,3,5H2,1H3,(H,16,17). The number of aliphatic hydroxyl groups excluding tert-OH is 1. The number of hydrogen-bond acceptors (Lipinski definition) is 4. The molecule has 112 valence electrons. The monoisotopic (exact) mass is 309 g/mol. The molecule has 0 saturated heterocycles. The van der Waals surface area contributed by atoms with E-state index in [0.717, 1.165) is 6.07 Å². The molecule has 1 atom stereocenters. The van der Waals surface area contributed by atoms with E-state index < -0.39 is 51.6 Å². The van der Waals surface area contributed by atoms with Crippen LogP contribution in [-0.4, -0.2) is 37.2 Å². The summed E-state index contributed by atoms with van der Waals surface area (Å²) in [7, 11) is -4.31. The fourth-order valence-corrected chi connectivity index (χ4v) is 2.61. The fraction of sp³-hybridized carbons (Fsp3) is 0.364. The number of benzene rings is 1. The molecule has 1 rings (SSSR count). The second-order valence-corrected chi connectivity index (χ2v) is 5.87. The molecule has 0 saturated carbocycles. The third kappa shape index (κ3) is 4.22. The van der Waals surface area contributed by atoms with Crippen LogP contribution < -0.4 is 4.72 Å². The minimum absolute atomic E-state index is 0.0575. The van der Waals surface area contributed by atoms with Crippen molar-refractivity contribution in [3.05, 3.63) is 29.3 Å². The number of carboxylic acids is 1. The highest BCUT2D eigenvalue weighted by molar-refractivity contribution is 7.89. The van der Waals surface area contributed by atoms with Crippen molar-refractivity contribution in [2.75, 3.05) is 6.54 Å². The van der Waals surface area contributed by atoms with E-state index in [1.807, 2.05) is 4.72 Å². The Labute approximate surface area is 114 Å². The molecular weight excluding hydrogens is 296 g/mol. The Morgan fingerprint density at radius 2 is 1.95 bits per heavy atom. The summed E-state index contributed by atoms with van der Waals surface area (Å²) >= 11 is 0. The van der Waals surface area contributed by atoms with Crippen LogP contribution in [0, 0.1) is 18.6 Å². The molecule has 1 unspecified atom stereocenters. The highest BCUT2D eigenvalue weighted by Gasteiger charge is 2.22. The van der Waals surface area contributed by atoms with E-state index in [4.69, 9.17) is 5.11 Å². The molecule has 1 aromatic carbocycles. The van der Waals surface area contributed by atoms with E-state index in [1.54, 1.807) is 0 Å². The van der Waals surface area contributed by atoms with Gasteiger partial charge in [0.05, 0.1) is 12.5 Å². The van der Waals surface area contributed by atoms with E-state index >= 15 is 0 Å². The third-order valence-electron chi connectivity index (χ3n) is 2.42. The molecule has 0 aliphatic carbocycles. The van der Waals surface area contributed by atoms with Crippen LogP contribution in [0.25, 0.3) is 0 Å². The van der Waals surface area contributed by atoms with Gasteiger partial charge in [0.2, 0.25) is 10.0 Å². The Morgan fingerprint density at radius 1 is 1.35 bits per heavy atom. The van der Waals surface area contributed by atoms with Crippen molar-refractivity contribution in [2.45, 2.75) is 24.3 Å². The Hall–Kier alpha value is -1.58. The topological polar surface area (TPSA) is 104 Å². The third-order valence-corrected chi connectivity index (χ3v) is 3.86. The summed E-state index contributed by atoms with van der Waals surface area (Å²) in [6.45, 7) is 0.678. The van der Waals surface area contributed by atoms with Crippen molar-refractivity contribution in [1.29, 1.82) is 0 Å². The summed E-state index contributed by atoms with van der Waals surface area (Å²) in [6, 6.07) is 1.26. The van der Waals surface area contributed by atoms with Gasteiger partial charge in [0, 0.05) is 12.6 Å². The lowest BCUT2D eigenvalue weighted by Gasteiger charge is -2.11. The summed E-state index contributed by atoms with van der Waals surface area (Å²) in [5.41, 5.74) is -0.0575. The zero-order valence-electron chi connectivity index (χ0n) is 10.4. The maximum absolute atomic E-state index is 13.4. The molecule has 20 heavy (non-hydrogen) atoms. The number of carboxylic acid groups (broad SMARTS) is 1. The average molecular weight is 309 g/mol. The van der Waals surface area contributed by atoms with E-state index in [1.165, 1.54) is 6.92 Å². The zero-order chi connectivity index (χ0) is 15.5. The van der Waals surface area contributed by atoms with Crippen molar-refractivity contribution < 1.29 is 32.2 Å². The van der Waals surface area contributed by atoms with Crippen LogP contribution in [0.5, 0.6) is 0 Å². The summed E-state index contributed by atoms with van der Waals surface area (Å²) < 4.78 is 51.9. The van der Waals surface area contributed by atoms with Crippen LogP contribution >= 0.6 is 0 Å². The Balaban J connectivity index is 2.89. The lowest BCUT2D eigenvalue weighted by Crippen LogP contribution is -2.33. The predicted molar refractivity (Wildman–Crippen MR) is 64.5 cm³/mol. The second kappa shape index (κ2) is 6.25. The highest BCUT2D eigenvalue weighted by Crippen LogP contribution is 2.18. The predicted octanol–water partition coefficient (Wildman–Crippen LogP) is 0.387. The molecule has 0 aromatic heterocycles.